The molecule has 0 aliphatic carbocycles. The lowest BCUT2D eigenvalue weighted by molar-refractivity contribution is 0.601. The summed E-state index contributed by atoms with van der Waals surface area (Å²) in [4.78, 5) is 3.98. The number of sulfonamides is 1. The maximum atomic E-state index is 12.2. The quantitative estimate of drug-likeness (QED) is 0.754. The molecule has 0 saturated carbocycles. The average molecular weight is 413 g/mol. The Bertz CT molecular complexity index is 776. The monoisotopic (exact) mass is 411 g/mol. The Kier molecular flexibility index (Phi) is 4.65. The number of hydrogen-bond donors (Lipinski definition) is 2. The molecule has 0 saturated heterocycles. The summed E-state index contributed by atoms with van der Waals surface area (Å²) in [5.74, 6) is 0. The SMILES string of the molecule is NC(=S)c1ccc(S(=O)(=O)Nc2ncc(Br)s2)c(Cl)c1. The first-order valence-corrected chi connectivity index (χ1v) is 8.91. The van der Waals surface area contributed by atoms with Gasteiger partial charge in [-0.15, -0.1) is 0 Å². The van der Waals surface area contributed by atoms with Gasteiger partial charge in [0, 0.05) is 5.56 Å². The Morgan fingerprint density at radius 3 is 2.70 bits per heavy atom. The Balaban J connectivity index is 2.37. The van der Waals surface area contributed by atoms with Crippen LogP contribution >= 0.6 is 51.1 Å². The summed E-state index contributed by atoms with van der Waals surface area (Å²) in [6.07, 6.45) is 1.50. The molecular formula is C10H7BrClN3O2S3. The molecule has 10 heteroatoms. The van der Waals surface area contributed by atoms with Gasteiger partial charge in [0.05, 0.1) is 15.0 Å². The van der Waals surface area contributed by atoms with Gasteiger partial charge in [-0.3, -0.25) is 4.72 Å². The molecule has 1 aromatic carbocycles. The summed E-state index contributed by atoms with van der Waals surface area (Å²) in [5.41, 5.74) is 5.96. The number of thiazole rings is 1. The van der Waals surface area contributed by atoms with Crippen molar-refractivity contribution in [3.05, 3.63) is 38.8 Å². The maximum Gasteiger partial charge on any atom is 0.265 e. The first kappa shape index (κ1) is 15.6. The highest BCUT2D eigenvalue weighted by atomic mass is 79.9. The number of nitrogens with two attached hydrogens (primary N) is 1. The Morgan fingerprint density at radius 2 is 2.20 bits per heavy atom. The summed E-state index contributed by atoms with van der Waals surface area (Å²) < 4.78 is 27.5. The first-order valence-electron chi connectivity index (χ1n) is 5.03. The molecule has 0 unspecified atom stereocenters. The van der Waals surface area contributed by atoms with E-state index in [1.165, 1.54) is 24.4 Å². The van der Waals surface area contributed by atoms with Crippen molar-refractivity contribution in [1.82, 2.24) is 4.98 Å². The van der Waals surface area contributed by atoms with E-state index in [-0.39, 0.29) is 20.0 Å². The number of rotatable bonds is 4. The molecule has 0 aliphatic rings. The van der Waals surface area contributed by atoms with E-state index in [0.29, 0.717) is 9.35 Å². The van der Waals surface area contributed by atoms with E-state index in [1.807, 2.05) is 0 Å². The number of aromatic nitrogens is 1. The van der Waals surface area contributed by atoms with Crippen molar-refractivity contribution in [3.63, 3.8) is 0 Å². The van der Waals surface area contributed by atoms with Crippen LogP contribution in [0, 0.1) is 0 Å². The van der Waals surface area contributed by atoms with E-state index in [9.17, 15) is 8.42 Å². The van der Waals surface area contributed by atoms with Crippen LogP contribution in [-0.2, 0) is 10.0 Å². The molecule has 0 bridgehead atoms. The minimum absolute atomic E-state index is 0.0402. The average Bonchev–Trinajstić information content (AvgIpc) is 2.73. The summed E-state index contributed by atoms with van der Waals surface area (Å²) in [5, 5.41) is 0.282. The molecule has 1 aromatic heterocycles. The van der Waals surface area contributed by atoms with Crippen LogP contribution in [0.15, 0.2) is 33.1 Å². The zero-order valence-electron chi connectivity index (χ0n) is 9.63. The molecule has 5 nitrogen and oxygen atoms in total. The van der Waals surface area contributed by atoms with E-state index in [1.54, 1.807) is 0 Å². The summed E-state index contributed by atoms with van der Waals surface area (Å²) >= 11 is 15.1. The van der Waals surface area contributed by atoms with E-state index >= 15 is 0 Å². The molecule has 3 N–H and O–H groups in total. The molecule has 2 aromatic rings. The second-order valence-electron chi connectivity index (χ2n) is 3.58. The van der Waals surface area contributed by atoms with Gasteiger partial charge in [-0.2, -0.15) is 0 Å². The number of hydrogen-bond acceptors (Lipinski definition) is 5. The molecular weight excluding hydrogens is 406 g/mol. The zero-order chi connectivity index (χ0) is 14.9. The van der Waals surface area contributed by atoms with Crippen LogP contribution in [-0.4, -0.2) is 18.4 Å². The number of nitrogens with zero attached hydrogens (tertiary/aromatic N) is 1. The number of benzene rings is 1. The van der Waals surface area contributed by atoms with Gasteiger partial charge in [0.2, 0.25) is 0 Å². The fraction of sp³-hybridized carbons (Fsp3) is 0. The van der Waals surface area contributed by atoms with Gasteiger partial charge >= 0.3 is 0 Å². The third-order valence-electron chi connectivity index (χ3n) is 2.21. The van der Waals surface area contributed by atoms with Gasteiger partial charge in [0.15, 0.2) is 5.13 Å². The lowest BCUT2D eigenvalue weighted by Gasteiger charge is -2.08. The van der Waals surface area contributed by atoms with Crippen LogP contribution in [0.3, 0.4) is 0 Å². The van der Waals surface area contributed by atoms with Crippen LogP contribution in [0.25, 0.3) is 0 Å². The van der Waals surface area contributed by atoms with Crippen LogP contribution < -0.4 is 10.5 Å². The van der Waals surface area contributed by atoms with Crippen LogP contribution in [0.2, 0.25) is 5.02 Å². The highest BCUT2D eigenvalue weighted by Gasteiger charge is 2.20. The van der Waals surface area contributed by atoms with E-state index in [4.69, 9.17) is 29.6 Å². The van der Waals surface area contributed by atoms with Gasteiger partial charge < -0.3 is 5.73 Å². The van der Waals surface area contributed by atoms with Crippen molar-refractivity contribution >= 4 is 71.2 Å². The molecule has 2 rings (SSSR count). The Hall–Kier alpha value is -0.740. The smallest absolute Gasteiger partial charge is 0.265 e. The van der Waals surface area contributed by atoms with Gasteiger partial charge in [0.25, 0.3) is 10.0 Å². The second-order valence-corrected chi connectivity index (χ2v) is 8.49. The van der Waals surface area contributed by atoms with Gasteiger partial charge in [-0.25, -0.2) is 13.4 Å². The van der Waals surface area contributed by atoms with Crippen LogP contribution in [0.4, 0.5) is 5.13 Å². The van der Waals surface area contributed by atoms with Gasteiger partial charge in [-0.1, -0.05) is 41.2 Å². The molecule has 0 spiro atoms. The predicted molar refractivity (Wildman–Crippen MR) is 88.0 cm³/mol. The molecule has 0 amide bonds. The molecule has 0 radical (unpaired) electrons. The Morgan fingerprint density at radius 1 is 1.50 bits per heavy atom. The molecule has 1 heterocycles. The molecule has 0 atom stereocenters. The van der Waals surface area contributed by atoms with Crippen LogP contribution in [0.1, 0.15) is 5.56 Å². The van der Waals surface area contributed by atoms with E-state index in [0.717, 1.165) is 11.3 Å². The number of halogens is 2. The third kappa shape index (κ3) is 3.47. The number of thiocarbonyl (C=S) groups is 1. The normalized spacial score (nSPS) is 11.3. The van der Waals surface area contributed by atoms with Gasteiger partial charge in [0.1, 0.15) is 9.88 Å². The van der Waals surface area contributed by atoms with Crippen molar-refractivity contribution in [2.24, 2.45) is 5.73 Å². The topological polar surface area (TPSA) is 85.1 Å². The van der Waals surface area contributed by atoms with E-state index < -0.39 is 10.0 Å². The number of anilines is 1. The lowest BCUT2D eigenvalue weighted by atomic mass is 10.2. The molecule has 20 heavy (non-hydrogen) atoms. The largest absolute Gasteiger partial charge is 0.389 e. The van der Waals surface area contributed by atoms with Crippen molar-refractivity contribution in [2.45, 2.75) is 4.90 Å². The van der Waals surface area contributed by atoms with Gasteiger partial charge in [-0.05, 0) is 28.1 Å². The maximum absolute atomic E-state index is 12.2. The minimum Gasteiger partial charge on any atom is -0.389 e. The minimum atomic E-state index is -3.81. The first-order chi connectivity index (χ1) is 9.29. The molecule has 106 valence electrons. The van der Waals surface area contributed by atoms with Crippen molar-refractivity contribution < 1.29 is 8.42 Å². The highest BCUT2D eigenvalue weighted by molar-refractivity contribution is 9.11. The summed E-state index contributed by atoms with van der Waals surface area (Å²) in [6, 6.07) is 4.26. The van der Waals surface area contributed by atoms with E-state index in [2.05, 4.69) is 25.6 Å². The highest BCUT2D eigenvalue weighted by Crippen LogP contribution is 2.28. The fourth-order valence-electron chi connectivity index (χ4n) is 1.34. The standard InChI is InChI=1S/C10H7BrClN3O2S3/c11-8-4-14-10(19-8)15-20(16,17)7-2-1-5(9(13)18)3-6(7)12/h1-4H,(H2,13,18)(H,14,15). The molecule has 0 fully saturated rings. The van der Waals surface area contributed by atoms with Crippen molar-refractivity contribution in [2.75, 3.05) is 4.72 Å². The Labute approximate surface area is 138 Å². The predicted octanol–water partition coefficient (Wildman–Crippen LogP) is 2.99. The molecule has 0 aliphatic heterocycles. The fourth-order valence-corrected chi connectivity index (χ4v) is 4.36. The van der Waals surface area contributed by atoms with Crippen molar-refractivity contribution in [1.29, 1.82) is 0 Å². The second kappa shape index (κ2) is 5.94. The summed E-state index contributed by atoms with van der Waals surface area (Å²) in [6.45, 7) is 0. The lowest BCUT2D eigenvalue weighted by Crippen LogP contribution is -2.14. The summed E-state index contributed by atoms with van der Waals surface area (Å²) in [7, 11) is -3.81. The van der Waals surface area contributed by atoms with Crippen LogP contribution in [0.5, 0.6) is 0 Å². The van der Waals surface area contributed by atoms with Crippen molar-refractivity contribution in [3.8, 4) is 0 Å². The number of nitrogens with one attached hydrogen (secondary N) is 1. The zero-order valence-corrected chi connectivity index (χ0v) is 14.4. The third-order valence-corrected chi connectivity index (χ3v) is 5.78.